The molecule has 1 rings (SSSR count). The van der Waals surface area contributed by atoms with Crippen molar-refractivity contribution in [1.29, 1.82) is 0 Å². The number of rotatable bonds is 4. The molecule has 0 aromatic heterocycles. The van der Waals surface area contributed by atoms with Gasteiger partial charge < -0.3 is 10.5 Å². The monoisotopic (exact) mass is 318 g/mol. The van der Waals surface area contributed by atoms with Crippen LogP contribution in [0.4, 0.5) is 23.7 Å². The molecule has 1 atom stereocenters. The quantitative estimate of drug-likeness (QED) is 0.889. The fourth-order valence-electron chi connectivity index (χ4n) is 1.70. The first-order valence-electron chi connectivity index (χ1n) is 6.76. The van der Waals surface area contributed by atoms with Crippen LogP contribution < -0.4 is 11.1 Å². The number of hydrogen-bond acceptors (Lipinski definition) is 3. The Kier molecular flexibility index (Phi) is 5.45. The van der Waals surface area contributed by atoms with Gasteiger partial charge in [-0.05, 0) is 57.9 Å². The van der Waals surface area contributed by atoms with Gasteiger partial charge in [0.15, 0.2) is 0 Å². The number of anilines is 1. The second-order valence-electron chi connectivity index (χ2n) is 6.42. The molecule has 0 aliphatic rings. The third-order valence-electron chi connectivity index (χ3n) is 2.76. The molecule has 7 heteroatoms. The molecule has 1 aromatic rings. The number of ether oxygens (including phenoxy) is 1. The highest BCUT2D eigenvalue weighted by atomic mass is 19.3. The SMILES string of the molecule is CC(C)(C)OC(=O)Nc1ccc(F)c(CC(C)(N)C(F)F)c1. The summed E-state index contributed by atoms with van der Waals surface area (Å²) in [6.45, 7) is 6.24. The lowest BCUT2D eigenvalue weighted by Gasteiger charge is -2.24. The summed E-state index contributed by atoms with van der Waals surface area (Å²) in [5.74, 6) is -0.660. The van der Waals surface area contributed by atoms with Crippen LogP contribution in [0.25, 0.3) is 0 Å². The highest BCUT2D eigenvalue weighted by molar-refractivity contribution is 5.84. The average molecular weight is 318 g/mol. The number of nitrogens with one attached hydrogen (secondary N) is 1. The van der Waals surface area contributed by atoms with Crippen molar-refractivity contribution in [3.63, 3.8) is 0 Å². The van der Waals surface area contributed by atoms with Gasteiger partial charge in [0.2, 0.25) is 0 Å². The smallest absolute Gasteiger partial charge is 0.412 e. The van der Waals surface area contributed by atoms with Crippen molar-refractivity contribution in [2.45, 2.75) is 51.7 Å². The minimum Gasteiger partial charge on any atom is -0.444 e. The van der Waals surface area contributed by atoms with Gasteiger partial charge in [-0.1, -0.05) is 0 Å². The molecule has 0 spiro atoms. The van der Waals surface area contributed by atoms with E-state index in [9.17, 15) is 18.0 Å². The molecule has 0 radical (unpaired) electrons. The predicted molar refractivity (Wildman–Crippen MR) is 78.6 cm³/mol. The summed E-state index contributed by atoms with van der Waals surface area (Å²) in [7, 11) is 0. The molecular formula is C15H21F3N2O2. The predicted octanol–water partition coefficient (Wildman–Crippen LogP) is 3.70. The van der Waals surface area contributed by atoms with E-state index >= 15 is 0 Å². The Morgan fingerprint density at radius 3 is 2.41 bits per heavy atom. The normalized spacial score (nSPS) is 14.6. The number of hydrogen-bond donors (Lipinski definition) is 2. The van der Waals surface area contributed by atoms with Crippen LogP contribution in [0.15, 0.2) is 18.2 Å². The summed E-state index contributed by atoms with van der Waals surface area (Å²) < 4.78 is 44.4. The lowest BCUT2D eigenvalue weighted by atomic mass is 9.94. The molecule has 0 bridgehead atoms. The van der Waals surface area contributed by atoms with Crippen molar-refractivity contribution in [3.8, 4) is 0 Å². The maximum absolute atomic E-state index is 13.7. The highest BCUT2D eigenvalue weighted by Gasteiger charge is 2.31. The van der Waals surface area contributed by atoms with Gasteiger partial charge in [-0.15, -0.1) is 0 Å². The Labute approximate surface area is 127 Å². The number of carbonyl (C=O) groups excluding carboxylic acids is 1. The third-order valence-corrected chi connectivity index (χ3v) is 2.76. The second-order valence-corrected chi connectivity index (χ2v) is 6.42. The van der Waals surface area contributed by atoms with Gasteiger partial charge in [0, 0.05) is 5.69 Å². The van der Waals surface area contributed by atoms with Gasteiger partial charge in [0.25, 0.3) is 6.43 Å². The lowest BCUT2D eigenvalue weighted by Crippen LogP contribution is -2.46. The van der Waals surface area contributed by atoms with Crippen LogP contribution in [0.5, 0.6) is 0 Å². The van der Waals surface area contributed by atoms with Gasteiger partial charge in [0.1, 0.15) is 11.4 Å². The van der Waals surface area contributed by atoms with Gasteiger partial charge in [0.05, 0.1) is 5.54 Å². The first-order chi connectivity index (χ1) is 9.90. The van der Waals surface area contributed by atoms with Crippen LogP contribution in [0.3, 0.4) is 0 Å². The van der Waals surface area contributed by atoms with E-state index in [1.807, 2.05) is 0 Å². The standard InChI is InChI=1S/C15H21F3N2O2/c1-14(2,3)22-13(21)20-10-5-6-11(16)9(7-10)8-15(4,19)12(17)18/h5-7,12H,8,19H2,1-4H3,(H,20,21). The number of amides is 1. The zero-order chi connectivity index (χ0) is 17.1. The maximum atomic E-state index is 13.7. The van der Waals surface area contributed by atoms with E-state index in [1.165, 1.54) is 12.1 Å². The first kappa shape index (κ1) is 18.3. The summed E-state index contributed by atoms with van der Waals surface area (Å²) >= 11 is 0. The number of benzene rings is 1. The number of halogens is 3. The molecule has 0 fully saturated rings. The summed E-state index contributed by atoms with van der Waals surface area (Å²) in [5, 5.41) is 2.42. The molecule has 1 aromatic carbocycles. The van der Waals surface area contributed by atoms with Crippen molar-refractivity contribution in [1.82, 2.24) is 0 Å². The second kappa shape index (κ2) is 6.56. The zero-order valence-corrected chi connectivity index (χ0v) is 13.0. The summed E-state index contributed by atoms with van der Waals surface area (Å²) in [5.41, 5.74) is 3.17. The number of nitrogens with two attached hydrogens (primary N) is 1. The van der Waals surface area contributed by atoms with Gasteiger partial charge in [-0.2, -0.15) is 0 Å². The summed E-state index contributed by atoms with van der Waals surface area (Å²) in [6, 6.07) is 3.68. The Morgan fingerprint density at radius 1 is 1.32 bits per heavy atom. The van der Waals surface area contributed by atoms with E-state index < -0.39 is 29.5 Å². The Bertz CT molecular complexity index is 540. The van der Waals surface area contributed by atoms with Crippen LogP contribution in [0.1, 0.15) is 33.3 Å². The van der Waals surface area contributed by atoms with Crippen LogP contribution in [0, 0.1) is 5.82 Å². The first-order valence-corrected chi connectivity index (χ1v) is 6.76. The van der Waals surface area contributed by atoms with Crippen LogP contribution >= 0.6 is 0 Å². The molecule has 1 unspecified atom stereocenters. The number of carbonyl (C=O) groups is 1. The van der Waals surface area contributed by atoms with Gasteiger partial charge in [-0.25, -0.2) is 18.0 Å². The molecule has 1 amide bonds. The van der Waals surface area contributed by atoms with Crippen molar-refractivity contribution < 1.29 is 22.7 Å². The van der Waals surface area contributed by atoms with Gasteiger partial charge >= 0.3 is 6.09 Å². The molecule has 0 aliphatic carbocycles. The summed E-state index contributed by atoms with van der Waals surface area (Å²) in [4.78, 5) is 11.6. The lowest BCUT2D eigenvalue weighted by molar-refractivity contribution is 0.0628. The minimum atomic E-state index is -2.80. The topological polar surface area (TPSA) is 64.3 Å². The van der Waals surface area contributed by atoms with E-state index in [-0.39, 0.29) is 17.7 Å². The molecule has 0 aliphatic heterocycles. The Hall–Kier alpha value is -1.76. The van der Waals surface area contributed by atoms with E-state index in [0.29, 0.717) is 0 Å². The molecule has 124 valence electrons. The Balaban J connectivity index is 2.89. The molecule has 4 nitrogen and oxygen atoms in total. The molecule has 0 heterocycles. The van der Waals surface area contributed by atoms with Crippen LogP contribution in [0.2, 0.25) is 0 Å². The Morgan fingerprint density at radius 2 is 1.91 bits per heavy atom. The van der Waals surface area contributed by atoms with Crippen LogP contribution in [-0.4, -0.2) is 23.7 Å². The van der Waals surface area contributed by atoms with Crippen LogP contribution in [-0.2, 0) is 11.2 Å². The minimum absolute atomic E-state index is 0.00106. The van der Waals surface area contributed by atoms with E-state index in [2.05, 4.69) is 5.32 Å². The van der Waals surface area contributed by atoms with E-state index in [4.69, 9.17) is 10.5 Å². The van der Waals surface area contributed by atoms with Crippen molar-refractivity contribution >= 4 is 11.8 Å². The van der Waals surface area contributed by atoms with Crippen molar-refractivity contribution in [3.05, 3.63) is 29.6 Å². The van der Waals surface area contributed by atoms with E-state index in [0.717, 1.165) is 13.0 Å². The fourth-order valence-corrected chi connectivity index (χ4v) is 1.70. The molecular weight excluding hydrogens is 297 g/mol. The number of alkyl halides is 2. The van der Waals surface area contributed by atoms with Crippen molar-refractivity contribution in [2.75, 3.05) is 5.32 Å². The van der Waals surface area contributed by atoms with Gasteiger partial charge in [-0.3, -0.25) is 5.32 Å². The average Bonchev–Trinajstić information content (AvgIpc) is 2.30. The zero-order valence-electron chi connectivity index (χ0n) is 13.0. The molecule has 3 N–H and O–H groups in total. The molecule has 0 saturated heterocycles. The molecule has 22 heavy (non-hydrogen) atoms. The highest BCUT2D eigenvalue weighted by Crippen LogP contribution is 2.23. The fraction of sp³-hybridized carbons (Fsp3) is 0.533. The summed E-state index contributed by atoms with van der Waals surface area (Å²) in [6.07, 6.45) is -3.87. The third kappa shape index (κ3) is 5.55. The van der Waals surface area contributed by atoms with Crippen molar-refractivity contribution in [2.24, 2.45) is 5.73 Å². The van der Waals surface area contributed by atoms with E-state index in [1.54, 1.807) is 20.8 Å². The largest absolute Gasteiger partial charge is 0.444 e. The maximum Gasteiger partial charge on any atom is 0.412 e. The molecule has 0 saturated carbocycles.